The van der Waals surface area contributed by atoms with Crippen molar-refractivity contribution < 1.29 is 39.2 Å². The Hall–Kier alpha value is -4.39. The van der Waals surface area contributed by atoms with Gasteiger partial charge in [0.25, 0.3) is 5.91 Å². The average Bonchev–Trinajstić information content (AvgIpc) is 3.58. The minimum absolute atomic E-state index is 0.0352. The maximum atomic E-state index is 14.3. The van der Waals surface area contributed by atoms with Gasteiger partial charge in [-0.25, -0.2) is 4.98 Å². The lowest BCUT2D eigenvalue weighted by Gasteiger charge is -2.39. The third-order valence-corrected chi connectivity index (χ3v) is 8.77. The number of ketones is 3. The predicted octanol–water partition coefficient (Wildman–Crippen LogP) is 2.72. The number of ether oxygens (including phenoxy) is 1. The summed E-state index contributed by atoms with van der Waals surface area (Å²) < 4.78 is 6.04. The summed E-state index contributed by atoms with van der Waals surface area (Å²) in [6, 6.07) is 22.4. The van der Waals surface area contributed by atoms with Crippen LogP contribution in [-0.2, 0) is 11.2 Å². The van der Waals surface area contributed by atoms with Crippen LogP contribution in [0.2, 0.25) is 0 Å². The van der Waals surface area contributed by atoms with Crippen molar-refractivity contribution in [3.05, 3.63) is 123 Å². The van der Waals surface area contributed by atoms with E-state index in [1.54, 1.807) is 37.3 Å². The number of aliphatic hydroxyl groups excluding tert-OH is 1. The Labute approximate surface area is 250 Å². The number of benzene rings is 3. The third kappa shape index (κ3) is 4.90. The number of hydrogen-bond donors (Lipinski definition) is 4. The molecule has 11 heteroatoms. The summed E-state index contributed by atoms with van der Waals surface area (Å²) in [7, 11) is 0. The minimum Gasteiger partial charge on any atom is -0.382 e. The van der Waals surface area contributed by atoms with E-state index >= 15 is 0 Å². The van der Waals surface area contributed by atoms with Crippen LogP contribution in [0, 0.1) is 0 Å². The van der Waals surface area contributed by atoms with Crippen LogP contribution in [0.4, 0.5) is 0 Å². The van der Waals surface area contributed by atoms with E-state index in [0.29, 0.717) is 11.3 Å². The topological polar surface area (TPSA) is 177 Å². The van der Waals surface area contributed by atoms with Gasteiger partial charge in [0.2, 0.25) is 11.6 Å². The van der Waals surface area contributed by atoms with Crippen LogP contribution in [0.1, 0.15) is 64.5 Å². The predicted molar refractivity (Wildman–Crippen MR) is 156 cm³/mol. The summed E-state index contributed by atoms with van der Waals surface area (Å²) in [5.74, 6) is -4.09. The molecule has 0 saturated carbocycles. The molecule has 1 saturated heterocycles. The zero-order valence-corrected chi connectivity index (χ0v) is 23.7. The molecule has 1 fully saturated rings. The van der Waals surface area contributed by atoms with E-state index in [9.17, 15) is 34.5 Å². The number of rotatable bonds is 10. The molecule has 1 aliphatic rings. The fourth-order valence-corrected chi connectivity index (χ4v) is 6.45. The number of hydrogen-bond acceptors (Lipinski definition) is 10. The summed E-state index contributed by atoms with van der Waals surface area (Å²) >= 11 is 0.889. The molecule has 1 aromatic heterocycles. The Kier molecular flexibility index (Phi) is 8.19. The van der Waals surface area contributed by atoms with Crippen molar-refractivity contribution in [1.29, 1.82) is 0 Å². The van der Waals surface area contributed by atoms with Crippen molar-refractivity contribution in [3.63, 3.8) is 0 Å². The molecule has 1 amide bonds. The lowest BCUT2D eigenvalue weighted by atomic mass is 9.68. The fraction of sp³-hybridized carbons (Fsp3) is 0.219. The lowest BCUT2D eigenvalue weighted by molar-refractivity contribution is -0.105. The zero-order valence-electron chi connectivity index (χ0n) is 22.9. The highest BCUT2D eigenvalue weighted by Gasteiger charge is 2.75. The van der Waals surface area contributed by atoms with Crippen molar-refractivity contribution in [3.8, 4) is 0 Å². The Morgan fingerprint density at radius 1 is 0.837 bits per heavy atom. The number of thiazole rings is 1. The van der Waals surface area contributed by atoms with E-state index in [1.165, 1.54) is 60.7 Å². The number of carbonyl (C=O) groups excluding carboxylic acids is 4. The van der Waals surface area contributed by atoms with Gasteiger partial charge in [0, 0.05) is 21.6 Å². The molecule has 220 valence electrons. The fourth-order valence-electron chi connectivity index (χ4n) is 5.34. The molecule has 0 radical (unpaired) electrons. The molecular formula is C32H28N2O8S. The van der Waals surface area contributed by atoms with Gasteiger partial charge in [-0.2, -0.15) is 0 Å². The van der Waals surface area contributed by atoms with Gasteiger partial charge in [0.05, 0.1) is 0 Å². The SMILES string of the molecule is CCc1sc([C@@H]2O[C@H](C(O)C(=O)c3ccccc3)[C@](O)(C(=O)c3ccccc3)[C@]2(O)C(=O)c2ccccc2)nc1C(N)=O. The number of amides is 1. The molecule has 43 heavy (non-hydrogen) atoms. The first-order valence-electron chi connectivity index (χ1n) is 13.4. The van der Waals surface area contributed by atoms with Crippen LogP contribution in [0.3, 0.4) is 0 Å². The van der Waals surface area contributed by atoms with Crippen LogP contribution in [0.15, 0.2) is 91.0 Å². The van der Waals surface area contributed by atoms with Gasteiger partial charge in [0.15, 0.2) is 17.0 Å². The van der Waals surface area contributed by atoms with E-state index in [4.69, 9.17) is 10.5 Å². The van der Waals surface area contributed by atoms with E-state index in [-0.39, 0.29) is 27.4 Å². The van der Waals surface area contributed by atoms with Crippen molar-refractivity contribution in [2.75, 3.05) is 0 Å². The summed E-state index contributed by atoms with van der Waals surface area (Å²) in [4.78, 5) is 58.8. The molecule has 2 heterocycles. The smallest absolute Gasteiger partial charge is 0.268 e. The highest BCUT2D eigenvalue weighted by Crippen LogP contribution is 2.53. The molecule has 1 aliphatic heterocycles. The van der Waals surface area contributed by atoms with E-state index in [0.717, 1.165) is 11.3 Å². The maximum Gasteiger partial charge on any atom is 0.268 e. The van der Waals surface area contributed by atoms with Crippen molar-refractivity contribution >= 4 is 34.6 Å². The normalized spacial score (nSPS) is 23.9. The van der Waals surface area contributed by atoms with Crippen LogP contribution >= 0.6 is 11.3 Å². The zero-order chi connectivity index (χ0) is 30.9. The molecule has 3 aromatic carbocycles. The van der Waals surface area contributed by atoms with Gasteiger partial charge in [-0.15, -0.1) is 11.3 Å². The molecule has 5 N–H and O–H groups in total. The molecule has 5 rings (SSSR count). The van der Waals surface area contributed by atoms with Gasteiger partial charge in [-0.05, 0) is 6.42 Å². The van der Waals surface area contributed by atoms with Crippen LogP contribution < -0.4 is 5.73 Å². The third-order valence-electron chi connectivity index (χ3n) is 7.53. The van der Waals surface area contributed by atoms with Crippen LogP contribution in [0.5, 0.6) is 0 Å². The number of aromatic nitrogens is 1. The minimum atomic E-state index is -3.22. The highest BCUT2D eigenvalue weighted by atomic mass is 32.1. The first kappa shape index (κ1) is 30.1. The average molecular weight is 601 g/mol. The largest absolute Gasteiger partial charge is 0.382 e. The van der Waals surface area contributed by atoms with Gasteiger partial charge in [0.1, 0.15) is 29.0 Å². The maximum absolute atomic E-state index is 14.3. The molecule has 0 spiro atoms. The number of nitrogens with zero attached hydrogens (tertiary/aromatic N) is 1. The van der Waals surface area contributed by atoms with Gasteiger partial charge >= 0.3 is 0 Å². The summed E-state index contributed by atoms with van der Waals surface area (Å²) in [5, 5.41) is 36.3. The Bertz CT molecular complexity index is 1680. The van der Waals surface area contributed by atoms with E-state index < -0.39 is 52.8 Å². The van der Waals surface area contributed by atoms with Crippen molar-refractivity contribution in [1.82, 2.24) is 4.98 Å². The summed E-state index contributed by atoms with van der Waals surface area (Å²) in [6.45, 7) is 1.74. The molecule has 10 nitrogen and oxygen atoms in total. The van der Waals surface area contributed by atoms with Crippen molar-refractivity contribution in [2.24, 2.45) is 5.73 Å². The number of Topliss-reactive ketones (excluding diaryl/α,β-unsaturated/α-hetero) is 3. The van der Waals surface area contributed by atoms with Gasteiger partial charge < -0.3 is 25.8 Å². The molecule has 5 atom stereocenters. The van der Waals surface area contributed by atoms with E-state index in [1.807, 2.05) is 0 Å². The Morgan fingerprint density at radius 2 is 1.30 bits per heavy atom. The van der Waals surface area contributed by atoms with Crippen LogP contribution in [-0.4, -0.2) is 67.0 Å². The number of aryl methyl sites for hydroxylation is 1. The Balaban J connectivity index is 1.77. The first-order valence-corrected chi connectivity index (χ1v) is 14.2. The molecule has 4 aromatic rings. The second-order valence-corrected chi connectivity index (χ2v) is 11.2. The van der Waals surface area contributed by atoms with Gasteiger partial charge in [-0.3, -0.25) is 19.2 Å². The number of nitrogens with two attached hydrogens (primary N) is 1. The summed E-state index contributed by atoms with van der Waals surface area (Å²) in [5.41, 5.74) is -1.15. The standard InChI is InChI=1S/C32H28N2O8S/c1-2-21-22(29(33)39)34-30(43-21)28-32(41,26(38)20-16-10-5-11-17-20)31(40,25(37)19-14-8-4-9-15-19)27(42-28)24(36)23(35)18-12-6-3-7-13-18/h3-17,24,27-28,36,40-41H,2H2,1H3,(H2,33,39)/t24?,27-,28+,31-,32+/m1/s1. The number of aliphatic hydroxyl groups is 3. The molecule has 0 aliphatic carbocycles. The second kappa shape index (κ2) is 11.7. The molecular weight excluding hydrogens is 572 g/mol. The van der Waals surface area contributed by atoms with Crippen molar-refractivity contribution in [2.45, 2.75) is 42.9 Å². The summed E-state index contributed by atoms with van der Waals surface area (Å²) in [6.07, 6.45) is -5.97. The Morgan fingerprint density at radius 3 is 1.74 bits per heavy atom. The lowest BCUT2D eigenvalue weighted by Crippen LogP contribution is -2.68. The second-order valence-electron chi connectivity index (χ2n) is 10.1. The monoisotopic (exact) mass is 600 g/mol. The highest BCUT2D eigenvalue weighted by molar-refractivity contribution is 7.12. The quantitative estimate of drug-likeness (QED) is 0.199. The molecule has 0 bridgehead atoms. The van der Waals surface area contributed by atoms with E-state index in [2.05, 4.69) is 4.98 Å². The van der Waals surface area contributed by atoms with Crippen LogP contribution in [0.25, 0.3) is 0 Å². The first-order chi connectivity index (χ1) is 20.5. The number of primary amides is 1. The number of carbonyl (C=O) groups is 4. The van der Waals surface area contributed by atoms with Gasteiger partial charge in [-0.1, -0.05) is 97.9 Å². The molecule has 1 unspecified atom stereocenters.